The molecule has 13 heavy (non-hydrogen) atoms. The Balaban J connectivity index is 2.85. The smallest absolute Gasteiger partial charge is 0.310 e. The first-order chi connectivity index (χ1) is 6.15. The number of aromatic nitrogens is 1. The van der Waals surface area contributed by atoms with E-state index >= 15 is 0 Å². The van der Waals surface area contributed by atoms with Gasteiger partial charge in [-0.25, -0.2) is 4.98 Å². The Labute approximate surface area is 76.2 Å². The first kappa shape index (κ1) is 9.51. The van der Waals surface area contributed by atoms with Crippen molar-refractivity contribution in [3.63, 3.8) is 0 Å². The number of carboxylic acids is 1. The fraction of sp³-hybridized carbons (Fsp3) is 0.333. The highest BCUT2D eigenvalue weighted by Crippen LogP contribution is 2.16. The largest absolute Gasteiger partial charge is 0.481 e. The molecule has 0 unspecified atom stereocenters. The van der Waals surface area contributed by atoms with Gasteiger partial charge in [-0.1, -0.05) is 6.07 Å². The van der Waals surface area contributed by atoms with Crippen LogP contribution in [-0.4, -0.2) is 23.2 Å². The average molecular weight is 181 g/mol. The molecule has 0 fully saturated rings. The topological polar surface area (TPSA) is 59.4 Å². The Morgan fingerprint density at radius 1 is 1.62 bits per heavy atom. The second-order valence-electron chi connectivity index (χ2n) is 2.69. The van der Waals surface area contributed by atoms with Gasteiger partial charge in [-0.05, 0) is 12.5 Å². The number of nitrogens with zero attached hydrogens (tertiary/aromatic N) is 1. The van der Waals surface area contributed by atoms with Crippen molar-refractivity contribution in [2.45, 2.75) is 12.8 Å². The van der Waals surface area contributed by atoms with E-state index in [1.807, 2.05) is 0 Å². The summed E-state index contributed by atoms with van der Waals surface area (Å²) in [5.41, 5.74) is 0.674. The molecule has 4 nitrogen and oxygen atoms in total. The van der Waals surface area contributed by atoms with Gasteiger partial charge in [-0.3, -0.25) is 4.79 Å². The molecule has 1 rings (SSSR count). The maximum Gasteiger partial charge on any atom is 0.310 e. The van der Waals surface area contributed by atoms with E-state index in [4.69, 9.17) is 9.84 Å². The lowest BCUT2D eigenvalue weighted by Gasteiger charge is -2.05. The minimum absolute atomic E-state index is 0.487. The van der Waals surface area contributed by atoms with E-state index in [9.17, 15) is 4.79 Å². The molecule has 0 amide bonds. The normalized spacial score (nSPS) is 12.2. The molecule has 0 aliphatic heterocycles. The third-order valence-electron chi connectivity index (χ3n) is 1.84. The molecule has 0 bridgehead atoms. The summed E-state index contributed by atoms with van der Waals surface area (Å²) in [6, 6.07) is 3.35. The van der Waals surface area contributed by atoms with Crippen LogP contribution in [0, 0.1) is 0 Å². The molecule has 70 valence electrons. The fourth-order valence-corrected chi connectivity index (χ4v) is 0.911. The number of pyridine rings is 1. The van der Waals surface area contributed by atoms with Gasteiger partial charge in [0.2, 0.25) is 5.88 Å². The van der Waals surface area contributed by atoms with E-state index in [-0.39, 0.29) is 0 Å². The molecule has 1 heterocycles. The van der Waals surface area contributed by atoms with Gasteiger partial charge in [0.25, 0.3) is 0 Å². The Morgan fingerprint density at radius 3 is 2.69 bits per heavy atom. The summed E-state index contributed by atoms with van der Waals surface area (Å²) in [5.74, 6) is -0.897. The summed E-state index contributed by atoms with van der Waals surface area (Å²) in [6.07, 6.45) is 1.51. The predicted molar refractivity (Wildman–Crippen MR) is 46.8 cm³/mol. The van der Waals surface area contributed by atoms with Gasteiger partial charge in [0.05, 0.1) is 13.0 Å². The van der Waals surface area contributed by atoms with Crippen LogP contribution >= 0.6 is 0 Å². The SMILES string of the molecule is COc1ccc([C@H](C)C(=O)O)cn1. The van der Waals surface area contributed by atoms with Gasteiger partial charge in [-0.2, -0.15) is 0 Å². The summed E-state index contributed by atoms with van der Waals surface area (Å²) in [6.45, 7) is 1.62. The van der Waals surface area contributed by atoms with Crippen LogP contribution in [0.4, 0.5) is 0 Å². The third kappa shape index (κ3) is 2.18. The molecule has 0 aliphatic carbocycles. The molecule has 0 radical (unpaired) electrons. The number of ether oxygens (including phenoxy) is 1. The number of hydrogen-bond acceptors (Lipinski definition) is 3. The van der Waals surface area contributed by atoms with Crippen molar-refractivity contribution in [1.82, 2.24) is 4.98 Å². The summed E-state index contributed by atoms with van der Waals surface area (Å²) < 4.78 is 4.85. The molecule has 1 aromatic heterocycles. The highest BCUT2D eigenvalue weighted by molar-refractivity contribution is 5.75. The quantitative estimate of drug-likeness (QED) is 0.763. The van der Waals surface area contributed by atoms with E-state index in [1.54, 1.807) is 19.1 Å². The molecule has 0 saturated carbocycles. The van der Waals surface area contributed by atoms with E-state index < -0.39 is 11.9 Å². The average Bonchev–Trinajstić information content (AvgIpc) is 2.17. The van der Waals surface area contributed by atoms with Crippen molar-refractivity contribution in [1.29, 1.82) is 0 Å². The predicted octanol–water partition coefficient (Wildman–Crippen LogP) is 1.28. The van der Waals surface area contributed by atoms with Crippen molar-refractivity contribution in [3.05, 3.63) is 23.9 Å². The molecule has 0 saturated heterocycles. The fourth-order valence-electron chi connectivity index (χ4n) is 0.911. The number of carboxylic acid groups (broad SMARTS) is 1. The summed E-state index contributed by atoms with van der Waals surface area (Å²) in [5, 5.41) is 8.70. The van der Waals surface area contributed by atoms with Crippen LogP contribution < -0.4 is 4.74 Å². The molecule has 1 aromatic rings. The second-order valence-corrected chi connectivity index (χ2v) is 2.69. The first-order valence-corrected chi connectivity index (χ1v) is 3.88. The van der Waals surface area contributed by atoms with Crippen molar-refractivity contribution < 1.29 is 14.6 Å². The second kappa shape index (κ2) is 3.89. The number of hydrogen-bond donors (Lipinski definition) is 1. The van der Waals surface area contributed by atoms with Crippen LogP contribution in [0.15, 0.2) is 18.3 Å². The zero-order valence-corrected chi connectivity index (χ0v) is 7.52. The molecular formula is C9H11NO3. The summed E-state index contributed by atoms with van der Waals surface area (Å²) in [7, 11) is 1.52. The molecule has 1 N–H and O–H groups in total. The van der Waals surface area contributed by atoms with Gasteiger partial charge >= 0.3 is 5.97 Å². The van der Waals surface area contributed by atoms with Gasteiger partial charge in [0.15, 0.2) is 0 Å². The highest BCUT2D eigenvalue weighted by Gasteiger charge is 2.13. The van der Waals surface area contributed by atoms with Crippen LogP contribution in [0.2, 0.25) is 0 Å². The molecule has 1 atom stereocenters. The van der Waals surface area contributed by atoms with Gasteiger partial charge in [0.1, 0.15) is 0 Å². The summed E-state index contributed by atoms with van der Waals surface area (Å²) >= 11 is 0. The Hall–Kier alpha value is -1.58. The van der Waals surface area contributed by atoms with Crippen molar-refractivity contribution in [2.75, 3.05) is 7.11 Å². The number of rotatable bonds is 3. The highest BCUT2D eigenvalue weighted by atomic mass is 16.5. The maximum atomic E-state index is 10.6. The molecule has 0 aliphatic rings. The van der Waals surface area contributed by atoms with Crippen LogP contribution in [0.5, 0.6) is 5.88 Å². The van der Waals surface area contributed by atoms with E-state index in [2.05, 4.69) is 4.98 Å². The monoisotopic (exact) mass is 181 g/mol. The minimum Gasteiger partial charge on any atom is -0.481 e. The Morgan fingerprint density at radius 2 is 2.31 bits per heavy atom. The van der Waals surface area contributed by atoms with Crippen molar-refractivity contribution in [3.8, 4) is 5.88 Å². The van der Waals surface area contributed by atoms with Crippen molar-refractivity contribution in [2.24, 2.45) is 0 Å². The first-order valence-electron chi connectivity index (χ1n) is 3.88. The lowest BCUT2D eigenvalue weighted by Crippen LogP contribution is -2.07. The minimum atomic E-state index is -0.855. The molecule has 0 spiro atoms. The maximum absolute atomic E-state index is 10.6. The van der Waals surface area contributed by atoms with Crippen LogP contribution in [-0.2, 0) is 4.79 Å². The van der Waals surface area contributed by atoms with Crippen LogP contribution in [0.3, 0.4) is 0 Å². The van der Waals surface area contributed by atoms with Crippen molar-refractivity contribution >= 4 is 5.97 Å². The molecule has 0 aromatic carbocycles. The van der Waals surface area contributed by atoms with Gasteiger partial charge in [-0.15, -0.1) is 0 Å². The lowest BCUT2D eigenvalue weighted by molar-refractivity contribution is -0.138. The standard InChI is InChI=1S/C9H11NO3/c1-6(9(11)12)7-3-4-8(13-2)10-5-7/h3-6H,1-2H3,(H,11,12)/t6-/m0/s1. The van der Waals surface area contributed by atoms with Gasteiger partial charge in [0, 0.05) is 12.3 Å². The van der Waals surface area contributed by atoms with E-state index in [0.29, 0.717) is 11.4 Å². The third-order valence-corrected chi connectivity index (χ3v) is 1.84. The Kier molecular flexibility index (Phi) is 2.84. The van der Waals surface area contributed by atoms with Crippen LogP contribution in [0.1, 0.15) is 18.4 Å². The van der Waals surface area contributed by atoms with Gasteiger partial charge < -0.3 is 9.84 Å². The number of aliphatic carboxylic acids is 1. The molecular weight excluding hydrogens is 170 g/mol. The molecule has 4 heteroatoms. The van der Waals surface area contributed by atoms with Crippen LogP contribution in [0.25, 0.3) is 0 Å². The number of carbonyl (C=O) groups is 1. The zero-order chi connectivity index (χ0) is 9.84. The van der Waals surface area contributed by atoms with E-state index in [1.165, 1.54) is 13.3 Å². The number of methoxy groups -OCH3 is 1. The lowest BCUT2D eigenvalue weighted by atomic mass is 10.0. The zero-order valence-electron chi connectivity index (χ0n) is 7.52. The summed E-state index contributed by atoms with van der Waals surface area (Å²) in [4.78, 5) is 14.5. The Bertz CT molecular complexity index is 294. The van der Waals surface area contributed by atoms with E-state index in [0.717, 1.165) is 0 Å².